The van der Waals surface area contributed by atoms with Crippen LogP contribution in [0.2, 0.25) is 0 Å². The summed E-state index contributed by atoms with van der Waals surface area (Å²) in [5.41, 5.74) is 4.92. The zero-order valence-corrected chi connectivity index (χ0v) is 13.3. The molecule has 4 heteroatoms. The number of hydrogen-bond acceptors (Lipinski definition) is 4. The van der Waals surface area contributed by atoms with Crippen LogP contribution in [0, 0.1) is 0 Å². The van der Waals surface area contributed by atoms with Crippen molar-refractivity contribution in [3.05, 3.63) is 58.8 Å². The molecule has 1 aromatic rings. The van der Waals surface area contributed by atoms with Crippen molar-refractivity contribution in [1.29, 1.82) is 0 Å². The fourth-order valence-corrected chi connectivity index (χ4v) is 3.72. The van der Waals surface area contributed by atoms with Crippen molar-refractivity contribution in [3.8, 4) is 11.5 Å². The van der Waals surface area contributed by atoms with Crippen LogP contribution in [0.5, 0.6) is 11.5 Å². The highest BCUT2D eigenvalue weighted by Crippen LogP contribution is 2.38. The Balaban J connectivity index is 1.64. The number of ether oxygens (including phenoxy) is 1. The van der Waals surface area contributed by atoms with Gasteiger partial charge in [0.1, 0.15) is 17.7 Å². The molecule has 0 spiro atoms. The van der Waals surface area contributed by atoms with E-state index in [2.05, 4.69) is 28.9 Å². The number of aromatic hydroxyl groups is 1. The number of phenolic OH excluding ortho intramolecular Hbond substituents is 1. The lowest BCUT2D eigenvalue weighted by molar-refractivity contribution is 0.334. The van der Waals surface area contributed by atoms with E-state index < -0.39 is 0 Å². The predicted octanol–water partition coefficient (Wildman–Crippen LogP) is 3.29. The first-order valence-electron chi connectivity index (χ1n) is 8.34. The van der Waals surface area contributed by atoms with Crippen molar-refractivity contribution in [2.45, 2.75) is 38.4 Å². The molecule has 4 nitrogen and oxygen atoms in total. The lowest BCUT2D eigenvalue weighted by Gasteiger charge is -2.40. The van der Waals surface area contributed by atoms with Gasteiger partial charge in [0.05, 0.1) is 6.61 Å². The SMILES string of the molecule is CCOc1ccc(C2NC3=CCCC4=C3C(CC=C4)N2)c(O)c1. The second kappa shape index (κ2) is 5.78. The summed E-state index contributed by atoms with van der Waals surface area (Å²) in [7, 11) is 0. The van der Waals surface area contributed by atoms with Crippen LogP contribution >= 0.6 is 0 Å². The maximum absolute atomic E-state index is 10.4. The Kier molecular flexibility index (Phi) is 3.62. The average Bonchev–Trinajstić information content (AvgIpc) is 2.56. The predicted molar refractivity (Wildman–Crippen MR) is 90.2 cm³/mol. The molecule has 3 aliphatic rings. The van der Waals surface area contributed by atoms with Crippen LogP contribution in [0.3, 0.4) is 0 Å². The summed E-state index contributed by atoms with van der Waals surface area (Å²) in [6, 6.07) is 5.85. The van der Waals surface area contributed by atoms with Crippen LogP contribution in [0.25, 0.3) is 0 Å². The molecule has 1 fully saturated rings. The van der Waals surface area contributed by atoms with Crippen molar-refractivity contribution in [2.24, 2.45) is 0 Å². The van der Waals surface area contributed by atoms with Gasteiger partial charge < -0.3 is 15.2 Å². The van der Waals surface area contributed by atoms with Crippen molar-refractivity contribution in [3.63, 3.8) is 0 Å². The molecular weight excluding hydrogens is 288 g/mol. The summed E-state index contributed by atoms with van der Waals surface area (Å²) in [5, 5.41) is 17.6. The van der Waals surface area contributed by atoms with E-state index >= 15 is 0 Å². The Morgan fingerprint density at radius 2 is 2.26 bits per heavy atom. The molecule has 120 valence electrons. The number of phenols is 1. The summed E-state index contributed by atoms with van der Waals surface area (Å²) < 4.78 is 5.45. The molecule has 2 unspecified atom stereocenters. The average molecular weight is 310 g/mol. The monoisotopic (exact) mass is 310 g/mol. The first-order chi connectivity index (χ1) is 11.3. The van der Waals surface area contributed by atoms with Crippen LogP contribution in [0.4, 0.5) is 0 Å². The molecule has 2 aliphatic carbocycles. The molecule has 23 heavy (non-hydrogen) atoms. The Labute approximate surface area is 136 Å². The topological polar surface area (TPSA) is 53.5 Å². The van der Waals surface area contributed by atoms with Crippen LogP contribution in [-0.4, -0.2) is 17.8 Å². The first kappa shape index (κ1) is 14.4. The lowest BCUT2D eigenvalue weighted by Crippen LogP contribution is -2.49. The van der Waals surface area contributed by atoms with Gasteiger partial charge in [0.15, 0.2) is 0 Å². The van der Waals surface area contributed by atoms with Crippen molar-refractivity contribution < 1.29 is 9.84 Å². The van der Waals surface area contributed by atoms with Gasteiger partial charge in [-0.05, 0) is 49.5 Å². The largest absolute Gasteiger partial charge is 0.507 e. The van der Waals surface area contributed by atoms with Gasteiger partial charge in [-0.1, -0.05) is 18.2 Å². The number of hydrogen-bond donors (Lipinski definition) is 3. The van der Waals surface area contributed by atoms with Gasteiger partial charge in [-0.3, -0.25) is 5.32 Å². The molecule has 0 radical (unpaired) electrons. The van der Waals surface area contributed by atoms with Crippen LogP contribution < -0.4 is 15.4 Å². The van der Waals surface area contributed by atoms with Gasteiger partial charge in [0, 0.05) is 23.4 Å². The van der Waals surface area contributed by atoms with E-state index in [0.29, 0.717) is 18.4 Å². The third-order valence-electron chi connectivity index (χ3n) is 4.73. The molecule has 0 bridgehead atoms. The molecule has 4 rings (SSSR count). The van der Waals surface area contributed by atoms with Crippen LogP contribution in [0.15, 0.2) is 53.3 Å². The van der Waals surface area contributed by atoms with Gasteiger partial charge in [-0.15, -0.1) is 0 Å². The third kappa shape index (κ3) is 2.53. The minimum atomic E-state index is -0.0865. The molecule has 1 saturated heterocycles. The zero-order valence-electron chi connectivity index (χ0n) is 13.3. The summed E-state index contributed by atoms with van der Waals surface area (Å²) >= 11 is 0. The number of rotatable bonds is 3. The van der Waals surface area contributed by atoms with Crippen LogP contribution in [0.1, 0.15) is 37.9 Å². The second-order valence-corrected chi connectivity index (χ2v) is 6.18. The molecule has 0 amide bonds. The summed E-state index contributed by atoms with van der Waals surface area (Å²) in [4.78, 5) is 0. The summed E-state index contributed by atoms with van der Waals surface area (Å²) in [6.07, 6.45) is 9.89. The molecule has 1 heterocycles. The lowest BCUT2D eigenvalue weighted by atomic mass is 9.82. The molecule has 1 aliphatic heterocycles. The van der Waals surface area contributed by atoms with Crippen molar-refractivity contribution >= 4 is 0 Å². The van der Waals surface area contributed by atoms with Gasteiger partial charge in [0.25, 0.3) is 0 Å². The fourth-order valence-electron chi connectivity index (χ4n) is 3.72. The molecule has 0 aromatic heterocycles. The minimum Gasteiger partial charge on any atom is -0.507 e. The maximum atomic E-state index is 10.4. The smallest absolute Gasteiger partial charge is 0.125 e. The van der Waals surface area contributed by atoms with E-state index in [0.717, 1.165) is 24.8 Å². The normalized spacial score (nSPS) is 25.5. The minimum absolute atomic E-state index is 0.0865. The molecule has 2 atom stereocenters. The van der Waals surface area contributed by atoms with Gasteiger partial charge in [-0.2, -0.15) is 0 Å². The van der Waals surface area contributed by atoms with Gasteiger partial charge in [-0.25, -0.2) is 0 Å². The number of allylic oxidation sites excluding steroid dienone is 3. The van der Waals surface area contributed by atoms with E-state index in [1.54, 1.807) is 6.07 Å². The van der Waals surface area contributed by atoms with E-state index in [1.807, 2.05) is 19.1 Å². The zero-order chi connectivity index (χ0) is 15.8. The van der Waals surface area contributed by atoms with E-state index in [-0.39, 0.29) is 11.9 Å². The Morgan fingerprint density at radius 3 is 3.09 bits per heavy atom. The standard InChI is InChI=1S/C19H22N2O2/c1-2-23-13-9-10-14(17(22)11-13)19-20-15-7-3-5-12-6-4-8-16(21-19)18(12)15/h3,5,8-11,15,19-22H,2,4,6-7H2,1H3. The molecular formula is C19H22N2O2. The Hall–Kier alpha value is -2.20. The highest BCUT2D eigenvalue weighted by molar-refractivity contribution is 5.51. The van der Waals surface area contributed by atoms with Crippen molar-refractivity contribution in [1.82, 2.24) is 10.6 Å². The van der Waals surface area contributed by atoms with Crippen molar-refractivity contribution in [2.75, 3.05) is 6.61 Å². The Bertz CT molecular complexity index is 718. The van der Waals surface area contributed by atoms with Crippen LogP contribution in [-0.2, 0) is 0 Å². The number of benzene rings is 1. The molecule has 1 aromatic carbocycles. The highest BCUT2D eigenvalue weighted by atomic mass is 16.5. The van der Waals surface area contributed by atoms with Gasteiger partial charge in [0.2, 0.25) is 0 Å². The quantitative estimate of drug-likeness (QED) is 0.802. The Morgan fingerprint density at radius 1 is 1.35 bits per heavy atom. The fraction of sp³-hybridized carbons (Fsp3) is 0.368. The highest BCUT2D eigenvalue weighted by Gasteiger charge is 2.33. The van der Waals surface area contributed by atoms with E-state index in [9.17, 15) is 5.11 Å². The number of nitrogens with one attached hydrogen (secondary N) is 2. The first-order valence-corrected chi connectivity index (χ1v) is 8.34. The third-order valence-corrected chi connectivity index (χ3v) is 4.73. The van der Waals surface area contributed by atoms with E-state index in [4.69, 9.17) is 4.74 Å². The van der Waals surface area contributed by atoms with E-state index in [1.165, 1.54) is 16.8 Å². The second-order valence-electron chi connectivity index (χ2n) is 6.18. The molecule has 0 saturated carbocycles. The van der Waals surface area contributed by atoms with Gasteiger partial charge >= 0.3 is 0 Å². The maximum Gasteiger partial charge on any atom is 0.125 e. The summed E-state index contributed by atoms with van der Waals surface area (Å²) in [5.74, 6) is 0.960. The molecule has 3 N–H and O–H groups in total. The summed E-state index contributed by atoms with van der Waals surface area (Å²) in [6.45, 7) is 2.53.